The van der Waals surface area contributed by atoms with Crippen molar-refractivity contribution in [1.82, 2.24) is 5.32 Å². The van der Waals surface area contributed by atoms with E-state index >= 15 is 0 Å². The summed E-state index contributed by atoms with van der Waals surface area (Å²) in [7, 11) is -4.01. The second kappa shape index (κ2) is 10.9. The number of amides is 1. The molecule has 4 rings (SSSR count). The number of anilines is 1. The summed E-state index contributed by atoms with van der Waals surface area (Å²) in [5.74, 6) is 1.46. The highest BCUT2D eigenvalue weighted by atomic mass is 32.2. The Bertz CT molecular complexity index is 1310. The van der Waals surface area contributed by atoms with Crippen LogP contribution in [0.1, 0.15) is 31.0 Å². The summed E-state index contributed by atoms with van der Waals surface area (Å²) < 4.78 is 45.0. The fourth-order valence-corrected chi connectivity index (χ4v) is 5.28. The largest absolute Gasteiger partial charge is 0.494 e. The van der Waals surface area contributed by atoms with Crippen molar-refractivity contribution < 1.29 is 27.4 Å². The maximum absolute atomic E-state index is 13.6. The van der Waals surface area contributed by atoms with E-state index in [2.05, 4.69) is 5.32 Å². The third kappa shape index (κ3) is 5.73. The predicted octanol–water partition coefficient (Wildman–Crippen LogP) is 4.24. The first-order chi connectivity index (χ1) is 17.3. The normalized spacial score (nSPS) is 13.5. The summed E-state index contributed by atoms with van der Waals surface area (Å²) in [5.41, 5.74) is 2.12. The minimum Gasteiger partial charge on any atom is -0.494 e. The van der Waals surface area contributed by atoms with Crippen molar-refractivity contribution >= 4 is 21.6 Å². The first kappa shape index (κ1) is 25.4. The van der Waals surface area contributed by atoms with Crippen LogP contribution in [0, 0.1) is 6.92 Å². The van der Waals surface area contributed by atoms with Gasteiger partial charge < -0.3 is 19.5 Å². The fraction of sp³-hybridized carbons (Fsp3) is 0.296. The Hall–Kier alpha value is -3.72. The molecule has 0 bridgehead atoms. The lowest BCUT2D eigenvalue weighted by Gasteiger charge is -2.26. The molecule has 0 fully saturated rings. The number of aryl methyl sites for hydroxylation is 1. The van der Waals surface area contributed by atoms with Crippen LogP contribution < -0.4 is 23.8 Å². The SMILES string of the molecule is CCOc1ccc(N(CC(=O)NC(C)c2ccc3c(c2)OCCO3)S(=O)(=O)c2ccc(C)cc2)cc1. The average Bonchev–Trinajstić information content (AvgIpc) is 2.88. The third-order valence-corrected chi connectivity index (χ3v) is 7.56. The van der Waals surface area contributed by atoms with Gasteiger partial charge in [0.1, 0.15) is 25.5 Å². The van der Waals surface area contributed by atoms with Gasteiger partial charge >= 0.3 is 0 Å². The van der Waals surface area contributed by atoms with E-state index in [4.69, 9.17) is 14.2 Å². The Morgan fingerprint density at radius 2 is 1.67 bits per heavy atom. The molecule has 1 aliphatic rings. The smallest absolute Gasteiger partial charge is 0.264 e. The molecule has 1 N–H and O–H groups in total. The molecule has 8 nitrogen and oxygen atoms in total. The molecule has 190 valence electrons. The van der Waals surface area contributed by atoms with Gasteiger partial charge in [-0.3, -0.25) is 9.10 Å². The van der Waals surface area contributed by atoms with Gasteiger partial charge in [-0.05, 0) is 74.9 Å². The number of nitrogens with zero attached hydrogens (tertiary/aromatic N) is 1. The van der Waals surface area contributed by atoms with Gasteiger partial charge in [-0.1, -0.05) is 23.8 Å². The third-order valence-electron chi connectivity index (χ3n) is 5.78. The number of fused-ring (bicyclic) bond motifs is 1. The van der Waals surface area contributed by atoms with E-state index < -0.39 is 15.9 Å². The Morgan fingerprint density at radius 3 is 2.33 bits per heavy atom. The molecule has 0 aliphatic carbocycles. The van der Waals surface area contributed by atoms with E-state index in [1.165, 1.54) is 0 Å². The lowest BCUT2D eigenvalue weighted by Crippen LogP contribution is -2.41. The highest BCUT2D eigenvalue weighted by molar-refractivity contribution is 7.92. The Labute approximate surface area is 211 Å². The molecule has 3 aromatic rings. The summed E-state index contributed by atoms with van der Waals surface area (Å²) in [4.78, 5) is 13.2. The van der Waals surface area contributed by atoms with Gasteiger partial charge in [0.15, 0.2) is 11.5 Å². The predicted molar refractivity (Wildman–Crippen MR) is 137 cm³/mol. The van der Waals surface area contributed by atoms with Crippen molar-refractivity contribution in [2.24, 2.45) is 0 Å². The molecule has 0 radical (unpaired) electrons. The molecular formula is C27H30N2O6S. The van der Waals surface area contributed by atoms with Gasteiger partial charge in [0.05, 0.1) is 23.2 Å². The second-order valence-electron chi connectivity index (χ2n) is 8.44. The van der Waals surface area contributed by atoms with E-state index in [1.54, 1.807) is 54.6 Å². The molecule has 1 atom stereocenters. The molecule has 1 unspecified atom stereocenters. The lowest BCUT2D eigenvalue weighted by atomic mass is 10.1. The Morgan fingerprint density at radius 1 is 1.00 bits per heavy atom. The van der Waals surface area contributed by atoms with Crippen molar-refractivity contribution in [3.8, 4) is 17.2 Å². The summed E-state index contributed by atoms with van der Waals surface area (Å²) in [5, 5.41) is 2.90. The molecule has 9 heteroatoms. The lowest BCUT2D eigenvalue weighted by molar-refractivity contribution is -0.120. The van der Waals surface area contributed by atoms with Crippen molar-refractivity contribution in [3.05, 3.63) is 77.9 Å². The van der Waals surface area contributed by atoms with Gasteiger partial charge in [0, 0.05) is 0 Å². The van der Waals surface area contributed by atoms with Crippen LogP contribution in [0.25, 0.3) is 0 Å². The average molecular weight is 511 g/mol. The summed E-state index contributed by atoms with van der Waals surface area (Å²) in [6, 6.07) is 18.3. The number of hydrogen-bond donors (Lipinski definition) is 1. The van der Waals surface area contributed by atoms with Crippen molar-refractivity contribution in [2.75, 3.05) is 30.7 Å². The monoisotopic (exact) mass is 510 g/mol. The number of nitrogens with one attached hydrogen (secondary N) is 1. The van der Waals surface area contributed by atoms with Gasteiger partial charge in [-0.15, -0.1) is 0 Å². The van der Waals surface area contributed by atoms with Gasteiger partial charge in [-0.2, -0.15) is 0 Å². The first-order valence-electron chi connectivity index (χ1n) is 11.8. The van der Waals surface area contributed by atoms with E-state index in [9.17, 15) is 13.2 Å². The van der Waals surface area contributed by atoms with Crippen LogP contribution in [-0.2, 0) is 14.8 Å². The molecule has 1 aliphatic heterocycles. The Balaban J connectivity index is 1.57. The van der Waals surface area contributed by atoms with E-state index in [0.29, 0.717) is 42.8 Å². The van der Waals surface area contributed by atoms with Crippen LogP contribution in [-0.4, -0.2) is 40.7 Å². The molecule has 36 heavy (non-hydrogen) atoms. The van der Waals surface area contributed by atoms with Crippen LogP contribution in [0.2, 0.25) is 0 Å². The van der Waals surface area contributed by atoms with E-state index in [1.807, 2.05) is 32.9 Å². The quantitative estimate of drug-likeness (QED) is 0.463. The fourth-order valence-electron chi connectivity index (χ4n) is 3.86. The molecule has 0 aromatic heterocycles. The molecular weight excluding hydrogens is 480 g/mol. The van der Waals surface area contributed by atoms with Crippen LogP contribution in [0.5, 0.6) is 17.2 Å². The van der Waals surface area contributed by atoms with Crippen LogP contribution >= 0.6 is 0 Å². The summed E-state index contributed by atoms with van der Waals surface area (Å²) in [6.45, 7) is 6.64. The molecule has 1 heterocycles. The number of hydrogen-bond acceptors (Lipinski definition) is 6. The zero-order valence-corrected chi connectivity index (χ0v) is 21.4. The van der Waals surface area contributed by atoms with Crippen LogP contribution in [0.3, 0.4) is 0 Å². The van der Waals surface area contributed by atoms with Gasteiger partial charge in [0.25, 0.3) is 10.0 Å². The summed E-state index contributed by atoms with van der Waals surface area (Å²) in [6.07, 6.45) is 0. The van der Waals surface area contributed by atoms with Gasteiger partial charge in [-0.25, -0.2) is 8.42 Å². The summed E-state index contributed by atoms with van der Waals surface area (Å²) >= 11 is 0. The zero-order valence-electron chi connectivity index (χ0n) is 20.6. The minimum atomic E-state index is -4.01. The molecule has 3 aromatic carbocycles. The highest BCUT2D eigenvalue weighted by Crippen LogP contribution is 2.32. The molecule has 0 saturated carbocycles. The van der Waals surface area contributed by atoms with Crippen LogP contribution in [0.15, 0.2) is 71.6 Å². The van der Waals surface area contributed by atoms with Crippen molar-refractivity contribution in [1.29, 1.82) is 0 Å². The standard InChI is InChI=1S/C27H30N2O6S/c1-4-33-23-10-8-22(9-11-23)29(36(31,32)24-12-5-19(2)6-13-24)18-27(30)28-20(3)21-7-14-25-26(17-21)35-16-15-34-25/h5-14,17,20H,4,15-16,18H2,1-3H3,(H,28,30). The maximum Gasteiger partial charge on any atom is 0.264 e. The van der Waals surface area contributed by atoms with Crippen molar-refractivity contribution in [3.63, 3.8) is 0 Å². The molecule has 1 amide bonds. The van der Waals surface area contributed by atoms with E-state index in [-0.39, 0.29) is 17.5 Å². The first-order valence-corrected chi connectivity index (χ1v) is 13.2. The minimum absolute atomic E-state index is 0.106. The van der Waals surface area contributed by atoms with Crippen molar-refractivity contribution in [2.45, 2.75) is 31.7 Å². The maximum atomic E-state index is 13.6. The number of sulfonamides is 1. The topological polar surface area (TPSA) is 94.2 Å². The number of carbonyl (C=O) groups excluding carboxylic acids is 1. The molecule has 0 spiro atoms. The zero-order chi connectivity index (χ0) is 25.7. The number of benzene rings is 3. The number of ether oxygens (including phenoxy) is 3. The highest BCUT2D eigenvalue weighted by Gasteiger charge is 2.28. The number of rotatable bonds is 9. The van der Waals surface area contributed by atoms with Gasteiger partial charge in [0.2, 0.25) is 5.91 Å². The number of carbonyl (C=O) groups is 1. The second-order valence-corrected chi connectivity index (χ2v) is 10.3. The molecule has 0 saturated heterocycles. The van der Waals surface area contributed by atoms with Crippen LogP contribution in [0.4, 0.5) is 5.69 Å². The van der Waals surface area contributed by atoms with E-state index in [0.717, 1.165) is 15.4 Å². The Kier molecular flexibility index (Phi) is 7.69.